The highest BCUT2D eigenvalue weighted by Gasteiger charge is 2.35. The molecule has 0 bridgehead atoms. The second-order valence-corrected chi connectivity index (χ2v) is 6.24. The molecule has 0 aliphatic heterocycles. The van der Waals surface area contributed by atoms with E-state index in [-0.39, 0.29) is 22.2 Å². The van der Waals surface area contributed by atoms with Gasteiger partial charge < -0.3 is 4.84 Å². The first-order chi connectivity index (χ1) is 11.2. The van der Waals surface area contributed by atoms with E-state index in [1.165, 1.54) is 12.1 Å². The molecule has 0 aliphatic rings. The summed E-state index contributed by atoms with van der Waals surface area (Å²) in [6.07, 6.45) is -4.52. The molecular weight excluding hydrogens is 362 g/mol. The fourth-order valence-electron chi connectivity index (χ4n) is 2.04. The summed E-state index contributed by atoms with van der Waals surface area (Å²) >= 11 is 11.7. The van der Waals surface area contributed by atoms with Gasteiger partial charge in [-0.2, -0.15) is 13.2 Å². The van der Waals surface area contributed by atoms with E-state index in [4.69, 9.17) is 28.0 Å². The molecule has 0 atom stereocenters. The molecule has 0 amide bonds. The van der Waals surface area contributed by atoms with Crippen LogP contribution in [-0.4, -0.2) is 5.71 Å². The van der Waals surface area contributed by atoms with Crippen molar-refractivity contribution in [1.82, 2.24) is 0 Å². The topological polar surface area (TPSA) is 21.6 Å². The molecule has 0 spiro atoms. The van der Waals surface area contributed by atoms with Crippen LogP contribution in [0.5, 0.6) is 5.75 Å². The predicted octanol–water partition coefficient (Wildman–Crippen LogP) is 6.45. The molecular formula is C17H14Cl2F3NO. The van der Waals surface area contributed by atoms with Crippen LogP contribution in [0.3, 0.4) is 0 Å². The minimum Gasteiger partial charge on any atom is -0.357 e. The van der Waals surface area contributed by atoms with Crippen LogP contribution in [0.1, 0.15) is 25.0 Å². The van der Waals surface area contributed by atoms with Crippen molar-refractivity contribution in [2.75, 3.05) is 0 Å². The van der Waals surface area contributed by atoms with Crippen LogP contribution in [0.4, 0.5) is 13.2 Å². The Labute approximate surface area is 147 Å². The van der Waals surface area contributed by atoms with Crippen molar-refractivity contribution in [3.05, 3.63) is 63.6 Å². The molecule has 7 heteroatoms. The van der Waals surface area contributed by atoms with E-state index >= 15 is 0 Å². The lowest BCUT2D eigenvalue weighted by Gasteiger charge is -2.17. The number of hydrogen-bond donors (Lipinski definition) is 0. The summed E-state index contributed by atoms with van der Waals surface area (Å²) in [5.41, 5.74) is -0.752. The summed E-state index contributed by atoms with van der Waals surface area (Å²) in [4.78, 5) is 5.27. The highest BCUT2D eigenvalue weighted by atomic mass is 35.5. The molecule has 0 unspecified atom stereocenters. The van der Waals surface area contributed by atoms with E-state index in [0.717, 1.165) is 6.07 Å². The Hall–Kier alpha value is -1.72. The maximum absolute atomic E-state index is 13.3. The first-order valence-corrected chi connectivity index (χ1v) is 7.81. The number of rotatable bonds is 4. The molecule has 0 radical (unpaired) electrons. The number of oxime groups is 1. The molecule has 2 aromatic carbocycles. The summed E-state index contributed by atoms with van der Waals surface area (Å²) in [6, 6.07) is 9.74. The van der Waals surface area contributed by atoms with Gasteiger partial charge in [0.25, 0.3) is 0 Å². The molecule has 2 rings (SSSR count). The summed E-state index contributed by atoms with van der Waals surface area (Å²) < 4.78 is 39.8. The minimum atomic E-state index is -4.52. The SMILES string of the molecule is CC(C)/C(=N\Oc1ccc(Cl)cc1)c1cc(Cl)ccc1C(F)(F)F. The molecule has 0 N–H and O–H groups in total. The highest BCUT2D eigenvalue weighted by Crippen LogP contribution is 2.34. The minimum absolute atomic E-state index is 0.0982. The number of benzene rings is 2. The number of halogens is 5. The second-order valence-electron chi connectivity index (χ2n) is 5.36. The second kappa shape index (κ2) is 7.45. The average molecular weight is 376 g/mol. The lowest BCUT2D eigenvalue weighted by Crippen LogP contribution is -2.18. The lowest BCUT2D eigenvalue weighted by atomic mass is 9.95. The zero-order chi connectivity index (χ0) is 17.9. The summed E-state index contributed by atoms with van der Waals surface area (Å²) in [5, 5.41) is 4.63. The Bertz CT molecular complexity index is 740. The van der Waals surface area contributed by atoms with Crippen molar-refractivity contribution in [1.29, 1.82) is 0 Å². The van der Waals surface area contributed by atoms with Gasteiger partial charge in [-0.15, -0.1) is 0 Å². The number of hydrogen-bond acceptors (Lipinski definition) is 2. The standard InChI is InChI=1S/C17H14Cl2F3NO/c1-10(2)16(23-24-13-6-3-11(18)4-7-13)14-9-12(19)5-8-15(14)17(20,21)22/h3-10H,1-2H3/b23-16+. The van der Waals surface area contributed by atoms with Gasteiger partial charge in [0.1, 0.15) is 0 Å². The van der Waals surface area contributed by atoms with Crippen LogP contribution in [0.25, 0.3) is 0 Å². The van der Waals surface area contributed by atoms with Crippen molar-refractivity contribution in [3.63, 3.8) is 0 Å². The average Bonchev–Trinajstić information content (AvgIpc) is 2.48. The van der Waals surface area contributed by atoms with Crippen molar-refractivity contribution in [3.8, 4) is 5.75 Å². The third kappa shape index (κ3) is 4.65. The first kappa shape index (κ1) is 18.6. The normalized spacial score (nSPS) is 12.6. The zero-order valence-electron chi connectivity index (χ0n) is 12.9. The largest absolute Gasteiger partial charge is 0.417 e. The Kier molecular flexibility index (Phi) is 5.78. The van der Waals surface area contributed by atoms with Gasteiger partial charge in [0.2, 0.25) is 0 Å². The first-order valence-electron chi connectivity index (χ1n) is 7.06. The lowest BCUT2D eigenvalue weighted by molar-refractivity contribution is -0.137. The van der Waals surface area contributed by atoms with Crippen molar-refractivity contribution in [2.45, 2.75) is 20.0 Å². The number of alkyl halides is 3. The Morgan fingerprint density at radius 1 is 1.00 bits per heavy atom. The van der Waals surface area contributed by atoms with Crippen LogP contribution in [0.15, 0.2) is 47.6 Å². The molecule has 0 fully saturated rings. The van der Waals surface area contributed by atoms with Gasteiger partial charge in [0.15, 0.2) is 5.75 Å². The van der Waals surface area contributed by atoms with Gasteiger partial charge in [-0.25, -0.2) is 0 Å². The molecule has 128 valence electrons. The van der Waals surface area contributed by atoms with Crippen LogP contribution in [-0.2, 0) is 6.18 Å². The maximum Gasteiger partial charge on any atom is 0.417 e. The van der Waals surface area contributed by atoms with Crippen molar-refractivity contribution in [2.24, 2.45) is 11.1 Å². The quantitative estimate of drug-likeness (QED) is 0.444. The third-order valence-corrected chi connectivity index (χ3v) is 3.66. The van der Waals surface area contributed by atoms with Crippen LogP contribution < -0.4 is 4.84 Å². The van der Waals surface area contributed by atoms with Gasteiger partial charge in [-0.1, -0.05) is 42.2 Å². The summed E-state index contributed by atoms with van der Waals surface area (Å²) in [7, 11) is 0. The molecule has 24 heavy (non-hydrogen) atoms. The fraction of sp³-hybridized carbons (Fsp3) is 0.235. The zero-order valence-corrected chi connectivity index (χ0v) is 14.4. The molecule has 0 aromatic heterocycles. The summed E-state index contributed by atoms with van der Waals surface area (Å²) in [6.45, 7) is 3.45. The van der Waals surface area contributed by atoms with Gasteiger partial charge in [0, 0.05) is 15.6 Å². The van der Waals surface area contributed by atoms with E-state index in [1.807, 2.05) is 0 Å². The van der Waals surface area contributed by atoms with Gasteiger partial charge in [-0.05, 0) is 48.4 Å². The maximum atomic E-state index is 13.3. The summed E-state index contributed by atoms with van der Waals surface area (Å²) in [5.74, 6) is 0.0602. The Balaban J connectivity index is 2.46. The third-order valence-electron chi connectivity index (χ3n) is 3.17. The van der Waals surface area contributed by atoms with Crippen LogP contribution in [0.2, 0.25) is 10.0 Å². The fourth-order valence-corrected chi connectivity index (χ4v) is 2.34. The molecule has 0 aliphatic carbocycles. The smallest absolute Gasteiger partial charge is 0.357 e. The van der Waals surface area contributed by atoms with Crippen LogP contribution >= 0.6 is 23.2 Å². The van der Waals surface area contributed by atoms with E-state index in [1.54, 1.807) is 38.1 Å². The van der Waals surface area contributed by atoms with Crippen molar-refractivity contribution < 1.29 is 18.0 Å². The van der Waals surface area contributed by atoms with Gasteiger partial charge >= 0.3 is 6.18 Å². The number of nitrogens with zero attached hydrogens (tertiary/aromatic N) is 1. The van der Waals surface area contributed by atoms with Gasteiger partial charge in [0.05, 0.1) is 11.3 Å². The monoisotopic (exact) mass is 375 g/mol. The van der Waals surface area contributed by atoms with Crippen LogP contribution in [0, 0.1) is 5.92 Å². The highest BCUT2D eigenvalue weighted by molar-refractivity contribution is 6.31. The Morgan fingerprint density at radius 2 is 1.58 bits per heavy atom. The van der Waals surface area contributed by atoms with E-state index in [2.05, 4.69) is 5.16 Å². The van der Waals surface area contributed by atoms with Gasteiger partial charge in [-0.3, -0.25) is 0 Å². The predicted molar refractivity (Wildman–Crippen MR) is 89.9 cm³/mol. The molecule has 2 nitrogen and oxygen atoms in total. The molecule has 0 saturated carbocycles. The van der Waals surface area contributed by atoms with E-state index in [9.17, 15) is 13.2 Å². The van der Waals surface area contributed by atoms with E-state index in [0.29, 0.717) is 10.8 Å². The molecule has 0 heterocycles. The Morgan fingerprint density at radius 3 is 2.12 bits per heavy atom. The molecule has 0 saturated heterocycles. The molecule has 2 aromatic rings. The van der Waals surface area contributed by atoms with E-state index < -0.39 is 11.7 Å². The van der Waals surface area contributed by atoms with Crippen molar-refractivity contribution >= 4 is 28.9 Å².